The summed E-state index contributed by atoms with van der Waals surface area (Å²) in [6.45, 7) is 1.46. The molecular formula is C23H30N6O7. The first-order valence-corrected chi connectivity index (χ1v) is 11.2. The van der Waals surface area contributed by atoms with E-state index in [4.69, 9.17) is 16.6 Å². The van der Waals surface area contributed by atoms with Gasteiger partial charge < -0.3 is 42.3 Å². The number of amides is 4. The molecule has 1 aromatic heterocycles. The standard InChI is InChI=1S/C23H30N6O7/c1-12(11-30)27-22(35)17(8-13-10-26-16-5-3-2-4-14(13)16)29-23(36)18(9-19(25)31)28-21(34)15(24)6-7-20(32)33/h2-5,10-12,15,17-18,26H,6-9,24H2,1H3,(H2,25,31)(H,27,35)(H,28,34)(H,29,36)(H,32,33)/t12-,15-,17-,18-/m0/s1. The van der Waals surface area contributed by atoms with Gasteiger partial charge >= 0.3 is 5.97 Å². The number of aromatic nitrogens is 1. The predicted octanol–water partition coefficient (Wildman–Crippen LogP) is -1.55. The van der Waals surface area contributed by atoms with Gasteiger partial charge in [-0.3, -0.25) is 24.0 Å². The minimum Gasteiger partial charge on any atom is -0.481 e. The van der Waals surface area contributed by atoms with Crippen molar-refractivity contribution >= 4 is 46.8 Å². The molecule has 13 heteroatoms. The van der Waals surface area contributed by atoms with Crippen molar-refractivity contribution in [2.24, 2.45) is 11.5 Å². The van der Waals surface area contributed by atoms with Crippen LogP contribution in [0.15, 0.2) is 30.5 Å². The maximum Gasteiger partial charge on any atom is 0.303 e. The minimum atomic E-state index is -1.47. The molecular weight excluding hydrogens is 472 g/mol. The molecule has 0 spiro atoms. The molecule has 2 aromatic rings. The number of carboxylic acids is 1. The summed E-state index contributed by atoms with van der Waals surface area (Å²) in [4.78, 5) is 74.7. The van der Waals surface area contributed by atoms with Gasteiger partial charge in [0.1, 0.15) is 18.4 Å². The molecule has 0 bridgehead atoms. The van der Waals surface area contributed by atoms with E-state index in [1.165, 1.54) is 6.92 Å². The number of hydrogen-bond donors (Lipinski definition) is 7. The molecule has 1 heterocycles. The number of nitrogens with one attached hydrogen (secondary N) is 4. The quantitative estimate of drug-likeness (QED) is 0.149. The first kappa shape index (κ1) is 28.0. The van der Waals surface area contributed by atoms with Crippen molar-refractivity contribution in [3.8, 4) is 0 Å². The topological polar surface area (TPSA) is 227 Å². The lowest BCUT2D eigenvalue weighted by Gasteiger charge is -2.24. The van der Waals surface area contributed by atoms with Crippen LogP contribution in [0.4, 0.5) is 0 Å². The number of hydrogen-bond acceptors (Lipinski definition) is 7. The highest BCUT2D eigenvalue weighted by atomic mass is 16.4. The van der Waals surface area contributed by atoms with Crippen LogP contribution < -0.4 is 27.4 Å². The fourth-order valence-electron chi connectivity index (χ4n) is 3.46. The Kier molecular flexibility index (Phi) is 10.1. The van der Waals surface area contributed by atoms with Gasteiger partial charge in [-0.25, -0.2) is 0 Å². The summed E-state index contributed by atoms with van der Waals surface area (Å²) in [5, 5.41) is 16.9. The Morgan fingerprint density at radius 1 is 1.03 bits per heavy atom. The van der Waals surface area contributed by atoms with Crippen LogP contribution in [-0.4, -0.2) is 70.1 Å². The van der Waals surface area contributed by atoms with E-state index in [1.807, 2.05) is 24.3 Å². The highest BCUT2D eigenvalue weighted by molar-refractivity contribution is 5.96. The molecule has 0 aliphatic heterocycles. The van der Waals surface area contributed by atoms with Gasteiger partial charge in [0.2, 0.25) is 23.6 Å². The highest BCUT2D eigenvalue weighted by Gasteiger charge is 2.30. The number of aliphatic carboxylic acids is 1. The summed E-state index contributed by atoms with van der Waals surface area (Å²) in [5.41, 5.74) is 12.4. The van der Waals surface area contributed by atoms with E-state index in [-0.39, 0.29) is 19.3 Å². The molecule has 0 fully saturated rings. The fraction of sp³-hybridized carbons (Fsp3) is 0.391. The van der Waals surface area contributed by atoms with Crippen LogP contribution in [-0.2, 0) is 35.2 Å². The molecule has 9 N–H and O–H groups in total. The number of H-pyrrole nitrogens is 1. The third kappa shape index (κ3) is 8.20. The molecule has 4 atom stereocenters. The van der Waals surface area contributed by atoms with Crippen molar-refractivity contribution in [2.45, 2.75) is 56.8 Å². The van der Waals surface area contributed by atoms with Gasteiger partial charge in [0.15, 0.2) is 0 Å². The van der Waals surface area contributed by atoms with E-state index < -0.39 is 60.2 Å². The summed E-state index contributed by atoms with van der Waals surface area (Å²) in [7, 11) is 0. The normalized spacial score (nSPS) is 14.2. The van der Waals surface area contributed by atoms with E-state index in [2.05, 4.69) is 20.9 Å². The van der Waals surface area contributed by atoms with Crippen LogP contribution in [0.5, 0.6) is 0 Å². The summed E-state index contributed by atoms with van der Waals surface area (Å²) in [6.07, 6.45) is 1.09. The Hall–Kier alpha value is -4.26. The second kappa shape index (κ2) is 13.0. The van der Waals surface area contributed by atoms with Crippen LogP contribution in [0.3, 0.4) is 0 Å². The Balaban J connectivity index is 2.23. The van der Waals surface area contributed by atoms with Crippen molar-refractivity contribution in [1.29, 1.82) is 0 Å². The Labute approximate surface area is 206 Å². The lowest BCUT2D eigenvalue weighted by atomic mass is 10.0. The number of para-hydroxylation sites is 1. The molecule has 0 aliphatic rings. The molecule has 13 nitrogen and oxygen atoms in total. The minimum absolute atomic E-state index is 0.0303. The molecule has 0 saturated heterocycles. The number of primary amides is 1. The third-order valence-corrected chi connectivity index (χ3v) is 5.35. The molecule has 0 aliphatic carbocycles. The van der Waals surface area contributed by atoms with E-state index in [0.29, 0.717) is 11.8 Å². The molecule has 1 aromatic carbocycles. The van der Waals surface area contributed by atoms with Crippen LogP contribution in [0.25, 0.3) is 10.9 Å². The predicted molar refractivity (Wildman–Crippen MR) is 128 cm³/mol. The lowest BCUT2D eigenvalue weighted by molar-refractivity contribution is -0.137. The summed E-state index contributed by atoms with van der Waals surface area (Å²) >= 11 is 0. The number of benzene rings is 1. The number of rotatable bonds is 14. The zero-order valence-electron chi connectivity index (χ0n) is 19.7. The Morgan fingerprint density at radius 3 is 2.31 bits per heavy atom. The van der Waals surface area contributed by atoms with Crippen molar-refractivity contribution in [3.63, 3.8) is 0 Å². The van der Waals surface area contributed by atoms with Crippen LogP contribution >= 0.6 is 0 Å². The first-order chi connectivity index (χ1) is 17.0. The summed E-state index contributed by atoms with van der Waals surface area (Å²) in [5.74, 6) is -4.45. The van der Waals surface area contributed by atoms with Gasteiger partial charge in [-0.05, 0) is 25.0 Å². The van der Waals surface area contributed by atoms with E-state index in [0.717, 1.165) is 10.9 Å². The smallest absolute Gasteiger partial charge is 0.303 e. The zero-order valence-corrected chi connectivity index (χ0v) is 19.7. The van der Waals surface area contributed by atoms with Crippen LogP contribution in [0.2, 0.25) is 0 Å². The zero-order chi connectivity index (χ0) is 26.8. The second-order valence-corrected chi connectivity index (χ2v) is 8.33. The monoisotopic (exact) mass is 502 g/mol. The van der Waals surface area contributed by atoms with Gasteiger partial charge in [-0.2, -0.15) is 0 Å². The maximum atomic E-state index is 13.0. The Morgan fingerprint density at radius 2 is 1.67 bits per heavy atom. The van der Waals surface area contributed by atoms with E-state index in [1.54, 1.807) is 6.20 Å². The average molecular weight is 503 g/mol. The van der Waals surface area contributed by atoms with Crippen molar-refractivity contribution in [3.05, 3.63) is 36.0 Å². The maximum absolute atomic E-state index is 13.0. The van der Waals surface area contributed by atoms with Gasteiger partial charge in [0, 0.05) is 29.9 Å². The fourth-order valence-corrected chi connectivity index (χ4v) is 3.46. The second-order valence-electron chi connectivity index (χ2n) is 8.33. The van der Waals surface area contributed by atoms with Gasteiger partial charge in [0.05, 0.1) is 18.5 Å². The number of nitrogens with two attached hydrogens (primary N) is 2. The average Bonchev–Trinajstić information content (AvgIpc) is 3.23. The molecule has 36 heavy (non-hydrogen) atoms. The van der Waals surface area contributed by atoms with Crippen LogP contribution in [0.1, 0.15) is 31.7 Å². The molecule has 0 saturated carbocycles. The summed E-state index contributed by atoms with van der Waals surface area (Å²) in [6, 6.07) is 2.61. The van der Waals surface area contributed by atoms with Crippen molar-refractivity contribution in [2.75, 3.05) is 0 Å². The first-order valence-electron chi connectivity index (χ1n) is 11.2. The SMILES string of the molecule is C[C@@H](C=O)NC(=O)[C@H](Cc1c[nH]c2ccccc12)NC(=O)[C@H](CC(N)=O)NC(=O)[C@@H](N)CCC(=O)O. The molecule has 2 rings (SSSR count). The molecule has 4 amide bonds. The number of aldehydes is 1. The van der Waals surface area contributed by atoms with Gasteiger partial charge in [0.25, 0.3) is 0 Å². The number of fused-ring (bicyclic) bond motifs is 1. The number of carbonyl (C=O) groups is 6. The lowest BCUT2D eigenvalue weighted by Crippen LogP contribution is -2.57. The van der Waals surface area contributed by atoms with Gasteiger partial charge in [-0.1, -0.05) is 18.2 Å². The number of carbonyl (C=O) groups excluding carboxylic acids is 5. The van der Waals surface area contributed by atoms with Crippen LogP contribution in [0, 0.1) is 0 Å². The molecule has 0 unspecified atom stereocenters. The Bertz CT molecular complexity index is 1130. The van der Waals surface area contributed by atoms with Gasteiger partial charge in [-0.15, -0.1) is 0 Å². The molecule has 0 radical (unpaired) electrons. The van der Waals surface area contributed by atoms with E-state index in [9.17, 15) is 28.8 Å². The largest absolute Gasteiger partial charge is 0.481 e. The third-order valence-electron chi connectivity index (χ3n) is 5.35. The van der Waals surface area contributed by atoms with Crippen molar-refractivity contribution in [1.82, 2.24) is 20.9 Å². The number of carboxylic acid groups (broad SMARTS) is 1. The van der Waals surface area contributed by atoms with Crippen molar-refractivity contribution < 1.29 is 33.9 Å². The highest BCUT2D eigenvalue weighted by Crippen LogP contribution is 2.19. The number of aromatic amines is 1. The van der Waals surface area contributed by atoms with E-state index >= 15 is 0 Å². The summed E-state index contributed by atoms with van der Waals surface area (Å²) < 4.78 is 0. The molecule has 194 valence electrons.